The summed E-state index contributed by atoms with van der Waals surface area (Å²) in [6.07, 6.45) is 0.575. The Morgan fingerprint density at radius 1 is 1.08 bits per heavy atom. The number of rotatable bonds is 2. The smallest absolute Gasteiger partial charge is 0.407 e. The van der Waals surface area contributed by atoms with Crippen LogP contribution in [0.25, 0.3) is 5.69 Å². The Bertz CT molecular complexity index is 814. The van der Waals surface area contributed by atoms with Gasteiger partial charge in [0.1, 0.15) is 5.02 Å². The molecule has 0 bridgehead atoms. The predicted octanol–water partition coefficient (Wildman–Crippen LogP) is 2.34. The van der Waals surface area contributed by atoms with Gasteiger partial charge in [-0.1, -0.05) is 23.2 Å². The van der Waals surface area contributed by atoms with Gasteiger partial charge in [-0.3, -0.25) is 4.79 Å². The van der Waals surface area contributed by atoms with Crippen molar-refractivity contribution in [3.05, 3.63) is 50.9 Å². The van der Waals surface area contributed by atoms with Gasteiger partial charge in [0.15, 0.2) is 0 Å². The predicted molar refractivity (Wildman–Crippen MR) is 91.7 cm³/mol. The van der Waals surface area contributed by atoms with Crippen molar-refractivity contribution in [3.63, 3.8) is 0 Å². The SMILES string of the molecule is O=C(O)N1CCN(c2cnn(-c3ccc(Cl)cc3)c(=O)c2Cl)CC1. The standard InChI is InChI=1S/C15H14Cl2N4O3/c16-10-1-3-11(4-2-10)21-14(22)13(17)12(9-18-21)19-5-7-20(8-6-19)15(23)24/h1-4,9H,5-8H2,(H,23,24). The largest absolute Gasteiger partial charge is 0.465 e. The average Bonchev–Trinajstić information content (AvgIpc) is 2.58. The Kier molecular flexibility index (Phi) is 4.64. The van der Waals surface area contributed by atoms with Gasteiger partial charge in [0.25, 0.3) is 5.56 Å². The minimum absolute atomic E-state index is 0.0590. The minimum atomic E-state index is -0.947. The van der Waals surface area contributed by atoms with Crippen molar-refractivity contribution in [2.45, 2.75) is 0 Å². The van der Waals surface area contributed by atoms with Crippen LogP contribution in [0, 0.1) is 0 Å². The van der Waals surface area contributed by atoms with Gasteiger partial charge in [-0.15, -0.1) is 0 Å². The molecule has 7 nitrogen and oxygen atoms in total. The highest BCUT2D eigenvalue weighted by Crippen LogP contribution is 2.23. The number of halogens is 2. The second-order valence-corrected chi connectivity index (χ2v) is 6.11. The Labute approximate surface area is 147 Å². The van der Waals surface area contributed by atoms with E-state index in [0.29, 0.717) is 42.6 Å². The number of anilines is 1. The fraction of sp³-hybridized carbons (Fsp3) is 0.267. The molecule has 1 amide bonds. The van der Waals surface area contributed by atoms with Crippen LogP contribution in [0.1, 0.15) is 0 Å². The molecule has 1 fully saturated rings. The molecule has 0 radical (unpaired) electrons. The lowest BCUT2D eigenvalue weighted by Gasteiger charge is -2.34. The van der Waals surface area contributed by atoms with Gasteiger partial charge in [-0.2, -0.15) is 9.78 Å². The van der Waals surface area contributed by atoms with E-state index in [-0.39, 0.29) is 5.02 Å². The van der Waals surface area contributed by atoms with Gasteiger partial charge < -0.3 is 14.9 Å². The summed E-state index contributed by atoms with van der Waals surface area (Å²) in [5.74, 6) is 0. The normalized spacial score (nSPS) is 14.8. The summed E-state index contributed by atoms with van der Waals surface area (Å²) in [4.78, 5) is 26.6. The van der Waals surface area contributed by atoms with Crippen LogP contribution in [0.15, 0.2) is 35.3 Å². The van der Waals surface area contributed by atoms with Crippen molar-refractivity contribution in [2.75, 3.05) is 31.1 Å². The van der Waals surface area contributed by atoms with E-state index in [2.05, 4.69) is 5.10 Å². The van der Waals surface area contributed by atoms with Crippen molar-refractivity contribution in [3.8, 4) is 5.69 Å². The molecule has 0 aliphatic carbocycles. The lowest BCUT2D eigenvalue weighted by Crippen LogP contribution is -2.48. The highest BCUT2D eigenvalue weighted by atomic mass is 35.5. The zero-order chi connectivity index (χ0) is 17.3. The van der Waals surface area contributed by atoms with Crippen molar-refractivity contribution >= 4 is 35.0 Å². The first-order valence-electron chi connectivity index (χ1n) is 7.24. The first-order valence-corrected chi connectivity index (χ1v) is 7.99. The number of hydrogen-bond acceptors (Lipinski definition) is 4. The molecule has 1 aromatic carbocycles. The summed E-state index contributed by atoms with van der Waals surface area (Å²) in [5.41, 5.74) is 0.641. The summed E-state index contributed by atoms with van der Waals surface area (Å²) < 4.78 is 1.20. The van der Waals surface area contributed by atoms with E-state index in [1.807, 2.05) is 4.90 Å². The summed E-state index contributed by atoms with van der Waals surface area (Å²) >= 11 is 12.1. The minimum Gasteiger partial charge on any atom is -0.465 e. The van der Waals surface area contributed by atoms with Gasteiger partial charge in [-0.05, 0) is 24.3 Å². The van der Waals surface area contributed by atoms with Crippen LogP contribution >= 0.6 is 23.2 Å². The van der Waals surface area contributed by atoms with Crippen LogP contribution in [-0.2, 0) is 0 Å². The van der Waals surface area contributed by atoms with Crippen LogP contribution in [-0.4, -0.2) is 52.1 Å². The molecule has 0 atom stereocenters. The van der Waals surface area contributed by atoms with E-state index in [9.17, 15) is 9.59 Å². The Hall–Kier alpha value is -2.25. The average molecular weight is 369 g/mol. The van der Waals surface area contributed by atoms with Gasteiger partial charge in [0.05, 0.1) is 17.6 Å². The fourth-order valence-corrected chi connectivity index (χ4v) is 2.92. The van der Waals surface area contributed by atoms with E-state index in [4.69, 9.17) is 28.3 Å². The molecule has 1 N–H and O–H groups in total. The molecule has 2 aromatic rings. The molecule has 24 heavy (non-hydrogen) atoms. The maximum atomic E-state index is 12.5. The number of nitrogens with zero attached hydrogens (tertiary/aromatic N) is 4. The van der Waals surface area contributed by atoms with Gasteiger partial charge in [-0.25, -0.2) is 4.79 Å². The molecule has 1 aliphatic rings. The van der Waals surface area contributed by atoms with E-state index in [0.717, 1.165) is 0 Å². The van der Waals surface area contributed by atoms with E-state index in [1.54, 1.807) is 24.3 Å². The topological polar surface area (TPSA) is 78.7 Å². The highest BCUT2D eigenvalue weighted by Gasteiger charge is 2.23. The number of aromatic nitrogens is 2. The third kappa shape index (κ3) is 3.18. The fourth-order valence-electron chi connectivity index (χ4n) is 2.55. The van der Waals surface area contributed by atoms with Crippen LogP contribution in [0.2, 0.25) is 10.0 Å². The van der Waals surface area contributed by atoms with Crippen molar-refractivity contribution in [1.29, 1.82) is 0 Å². The van der Waals surface area contributed by atoms with Crippen molar-refractivity contribution in [2.24, 2.45) is 0 Å². The molecular weight excluding hydrogens is 355 g/mol. The number of amides is 1. The highest BCUT2D eigenvalue weighted by molar-refractivity contribution is 6.33. The van der Waals surface area contributed by atoms with Crippen LogP contribution in [0.4, 0.5) is 10.5 Å². The molecule has 0 spiro atoms. The molecule has 1 aliphatic heterocycles. The third-order valence-electron chi connectivity index (χ3n) is 3.86. The Morgan fingerprint density at radius 2 is 1.71 bits per heavy atom. The first kappa shape index (κ1) is 16.6. The van der Waals surface area contributed by atoms with Crippen molar-refractivity contribution < 1.29 is 9.90 Å². The van der Waals surface area contributed by atoms with E-state index >= 15 is 0 Å². The summed E-state index contributed by atoms with van der Waals surface area (Å²) in [7, 11) is 0. The Balaban J connectivity index is 1.87. The number of benzene rings is 1. The zero-order valence-corrected chi connectivity index (χ0v) is 14.0. The molecule has 1 saturated heterocycles. The quantitative estimate of drug-likeness (QED) is 0.879. The van der Waals surface area contributed by atoms with E-state index in [1.165, 1.54) is 15.8 Å². The number of carbonyl (C=O) groups is 1. The maximum Gasteiger partial charge on any atom is 0.407 e. The number of hydrogen-bond donors (Lipinski definition) is 1. The lowest BCUT2D eigenvalue weighted by atomic mass is 10.3. The second-order valence-electron chi connectivity index (χ2n) is 5.29. The lowest BCUT2D eigenvalue weighted by molar-refractivity contribution is 0.142. The first-order chi connectivity index (χ1) is 11.5. The Morgan fingerprint density at radius 3 is 2.29 bits per heavy atom. The van der Waals surface area contributed by atoms with Gasteiger partial charge in [0.2, 0.25) is 0 Å². The molecule has 1 aromatic heterocycles. The zero-order valence-electron chi connectivity index (χ0n) is 12.5. The number of piperazine rings is 1. The monoisotopic (exact) mass is 368 g/mol. The number of carboxylic acid groups (broad SMARTS) is 1. The third-order valence-corrected chi connectivity index (χ3v) is 4.47. The molecule has 2 heterocycles. The second kappa shape index (κ2) is 6.70. The molecular formula is C15H14Cl2N4O3. The summed E-state index contributed by atoms with van der Waals surface area (Å²) in [5, 5.41) is 13.8. The van der Waals surface area contributed by atoms with Gasteiger partial charge in [0, 0.05) is 31.2 Å². The van der Waals surface area contributed by atoms with Crippen molar-refractivity contribution in [1.82, 2.24) is 14.7 Å². The molecule has 3 rings (SSSR count). The van der Waals surface area contributed by atoms with Crippen LogP contribution in [0.5, 0.6) is 0 Å². The maximum absolute atomic E-state index is 12.5. The molecule has 0 unspecified atom stereocenters. The molecule has 0 saturated carbocycles. The van der Waals surface area contributed by atoms with E-state index < -0.39 is 11.7 Å². The van der Waals surface area contributed by atoms with Crippen LogP contribution in [0.3, 0.4) is 0 Å². The van der Waals surface area contributed by atoms with Crippen LogP contribution < -0.4 is 10.5 Å². The van der Waals surface area contributed by atoms with Gasteiger partial charge >= 0.3 is 6.09 Å². The summed E-state index contributed by atoms with van der Waals surface area (Å²) in [6.45, 7) is 1.62. The molecule has 9 heteroatoms. The molecule has 126 valence electrons. The summed E-state index contributed by atoms with van der Waals surface area (Å²) in [6, 6.07) is 6.69.